The fourth-order valence-electron chi connectivity index (χ4n) is 2.02. The summed E-state index contributed by atoms with van der Waals surface area (Å²) in [6.07, 6.45) is 4.73. The van der Waals surface area contributed by atoms with Crippen LogP contribution in [0, 0.1) is 0 Å². The molecule has 2 nitrogen and oxygen atoms in total. The van der Waals surface area contributed by atoms with E-state index in [0.717, 1.165) is 23.7 Å². The maximum Gasteiger partial charge on any atom is 0.0931 e. The Balaban J connectivity index is 1.74. The van der Waals surface area contributed by atoms with Crippen molar-refractivity contribution in [3.05, 3.63) is 21.3 Å². The SMILES string of the molecule is NC1CCC(NCc2ccc(Cl)s2)CC1. The van der Waals surface area contributed by atoms with E-state index in [2.05, 4.69) is 11.4 Å². The normalized spacial score (nSPS) is 26.8. The molecule has 0 aliphatic heterocycles. The molecule has 1 saturated carbocycles. The number of nitrogens with two attached hydrogens (primary N) is 1. The van der Waals surface area contributed by atoms with Gasteiger partial charge in [-0.2, -0.15) is 0 Å². The standard InChI is InChI=1S/C11H17ClN2S/c12-11-6-5-10(15-11)7-14-9-3-1-8(13)2-4-9/h5-6,8-9,14H,1-4,7,13H2. The first-order valence-electron chi connectivity index (χ1n) is 5.47. The van der Waals surface area contributed by atoms with E-state index < -0.39 is 0 Å². The summed E-state index contributed by atoms with van der Waals surface area (Å²) in [4.78, 5) is 1.31. The Morgan fingerprint density at radius 3 is 2.67 bits per heavy atom. The second kappa shape index (κ2) is 5.30. The number of halogens is 1. The smallest absolute Gasteiger partial charge is 0.0931 e. The van der Waals surface area contributed by atoms with Crippen LogP contribution in [0.5, 0.6) is 0 Å². The van der Waals surface area contributed by atoms with Crippen LogP contribution in [-0.2, 0) is 6.54 Å². The average molecular weight is 245 g/mol. The molecule has 1 aliphatic carbocycles. The van der Waals surface area contributed by atoms with Crippen LogP contribution in [0.2, 0.25) is 4.34 Å². The van der Waals surface area contributed by atoms with Crippen molar-refractivity contribution in [2.75, 3.05) is 0 Å². The van der Waals surface area contributed by atoms with Crippen molar-refractivity contribution in [2.24, 2.45) is 5.73 Å². The second-order valence-electron chi connectivity index (χ2n) is 4.20. The Bertz CT molecular complexity index is 305. The van der Waals surface area contributed by atoms with Crippen molar-refractivity contribution >= 4 is 22.9 Å². The van der Waals surface area contributed by atoms with Crippen LogP contribution in [-0.4, -0.2) is 12.1 Å². The third-order valence-electron chi connectivity index (χ3n) is 2.97. The lowest BCUT2D eigenvalue weighted by molar-refractivity contribution is 0.342. The maximum absolute atomic E-state index is 5.88. The van der Waals surface area contributed by atoms with Crippen LogP contribution in [0.15, 0.2) is 12.1 Å². The van der Waals surface area contributed by atoms with Gasteiger partial charge in [0.1, 0.15) is 0 Å². The van der Waals surface area contributed by atoms with Gasteiger partial charge in [0, 0.05) is 23.5 Å². The van der Waals surface area contributed by atoms with Gasteiger partial charge in [0.2, 0.25) is 0 Å². The van der Waals surface area contributed by atoms with Gasteiger partial charge in [-0.15, -0.1) is 11.3 Å². The van der Waals surface area contributed by atoms with E-state index in [1.807, 2.05) is 6.07 Å². The highest BCUT2D eigenvalue weighted by atomic mass is 35.5. The highest BCUT2D eigenvalue weighted by Gasteiger charge is 2.17. The second-order valence-corrected chi connectivity index (χ2v) is 6.00. The van der Waals surface area contributed by atoms with E-state index in [0.29, 0.717) is 12.1 Å². The van der Waals surface area contributed by atoms with Crippen LogP contribution < -0.4 is 11.1 Å². The molecule has 0 atom stereocenters. The molecular weight excluding hydrogens is 228 g/mol. The number of hydrogen-bond donors (Lipinski definition) is 2. The Morgan fingerprint density at radius 1 is 1.33 bits per heavy atom. The van der Waals surface area contributed by atoms with Gasteiger partial charge < -0.3 is 11.1 Å². The quantitative estimate of drug-likeness (QED) is 0.858. The fourth-order valence-corrected chi connectivity index (χ4v) is 3.05. The van der Waals surface area contributed by atoms with E-state index in [1.54, 1.807) is 11.3 Å². The highest BCUT2D eigenvalue weighted by Crippen LogP contribution is 2.22. The Labute approximate surface area is 99.8 Å². The van der Waals surface area contributed by atoms with Gasteiger partial charge in [0.15, 0.2) is 0 Å². The third-order valence-corrected chi connectivity index (χ3v) is 4.20. The van der Waals surface area contributed by atoms with Gasteiger partial charge in [0.25, 0.3) is 0 Å². The molecule has 0 saturated heterocycles. The van der Waals surface area contributed by atoms with Crippen molar-refractivity contribution in [1.29, 1.82) is 0 Å². The number of nitrogens with one attached hydrogen (secondary N) is 1. The predicted molar refractivity (Wildman–Crippen MR) is 66.4 cm³/mol. The number of rotatable bonds is 3. The first kappa shape index (κ1) is 11.4. The summed E-state index contributed by atoms with van der Waals surface area (Å²) in [6.45, 7) is 0.942. The molecule has 1 heterocycles. The molecule has 1 aromatic heterocycles. The summed E-state index contributed by atoms with van der Waals surface area (Å²) in [5.74, 6) is 0. The molecule has 84 valence electrons. The zero-order chi connectivity index (χ0) is 10.7. The third kappa shape index (κ3) is 3.45. The van der Waals surface area contributed by atoms with Crippen molar-refractivity contribution in [2.45, 2.75) is 44.3 Å². The number of thiophene rings is 1. The fraction of sp³-hybridized carbons (Fsp3) is 0.636. The van der Waals surface area contributed by atoms with Gasteiger partial charge in [-0.3, -0.25) is 0 Å². The lowest BCUT2D eigenvalue weighted by Crippen LogP contribution is -2.36. The monoisotopic (exact) mass is 244 g/mol. The van der Waals surface area contributed by atoms with Crippen LogP contribution in [0.25, 0.3) is 0 Å². The highest BCUT2D eigenvalue weighted by molar-refractivity contribution is 7.16. The molecule has 0 bridgehead atoms. The average Bonchev–Trinajstić information content (AvgIpc) is 2.64. The predicted octanol–water partition coefficient (Wildman–Crippen LogP) is 2.76. The van der Waals surface area contributed by atoms with Crippen molar-refractivity contribution < 1.29 is 0 Å². The van der Waals surface area contributed by atoms with Gasteiger partial charge in [-0.05, 0) is 37.8 Å². The summed E-state index contributed by atoms with van der Waals surface area (Å²) >= 11 is 7.53. The minimum Gasteiger partial charge on any atom is -0.328 e. The van der Waals surface area contributed by atoms with Crippen LogP contribution in [0.3, 0.4) is 0 Å². The Kier molecular flexibility index (Phi) is 4.03. The molecule has 15 heavy (non-hydrogen) atoms. The minimum atomic E-state index is 0.430. The molecular formula is C11H17ClN2S. The zero-order valence-corrected chi connectivity index (χ0v) is 10.3. The van der Waals surface area contributed by atoms with Gasteiger partial charge in [-0.1, -0.05) is 11.6 Å². The molecule has 2 rings (SSSR count). The first-order chi connectivity index (χ1) is 7.24. The van der Waals surface area contributed by atoms with Crippen molar-refractivity contribution in [3.8, 4) is 0 Å². The molecule has 0 unspecified atom stereocenters. The summed E-state index contributed by atoms with van der Waals surface area (Å²) in [5, 5.41) is 3.57. The minimum absolute atomic E-state index is 0.430. The van der Waals surface area contributed by atoms with E-state index in [9.17, 15) is 0 Å². The lowest BCUT2D eigenvalue weighted by Gasteiger charge is -2.26. The van der Waals surface area contributed by atoms with Crippen molar-refractivity contribution in [3.63, 3.8) is 0 Å². The number of hydrogen-bond acceptors (Lipinski definition) is 3. The van der Waals surface area contributed by atoms with E-state index in [-0.39, 0.29) is 0 Å². The maximum atomic E-state index is 5.88. The summed E-state index contributed by atoms with van der Waals surface area (Å²) < 4.78 is 0.873. The molecule has 0 amide bonds. The van der Waals surface area contributed by atoms with Crippen LogP contribution in [0.4, 0.5) is 0 Å². The topological polar surface area (TPSA) is 38.0 Å². The van der Waals surface area contributed by atoms with Gasteiger partial charge in [0.05, 0.1) is 4.34 Å². The molecule has 0 spiro atoms. The molecule has 3 N–H and O–H groups in total. The van der Waals surface area contributed by atoms with E-state index in [4.69, 9.17) is 17.3 Å². The van der Waals surface area contributed by atoms with Crippen LogP contribution in [0.1, 0.15) is 30.6 Å². The van der Waals surface area contributed by atoms with Crippen LogP contribution >= 0.6 is 22.9 Å². The lowest BCUT2D eigenvalue weighted by atomic mass is 9.92. The molecule has 0 radical (unpaired) electrons. The molecule has 1 fully saturated rings. The summed E-state index contributed by atoms with van der Waals surface area (Å²) in [6, 6.07) is 5.12. The van der Waals surface area contributed by atoms with E-state index in [1.165, 1.54) is 17.7 Å². The first-order valence-corrected chi connectivity index (χ1v) is 6.66. The van der Waals surface area contributed by atoms with E-state index >= 15 is 0 Å². The summed E-state index contributed by atoms with van der Waals surface area (Å²) in [7, 11) is 0. The molecule has 4 heteroatoms. The molecule has 1 aliphatic rings. The van der Waals surface area contributed by atoms with Crippen molar-refractivity contribution in [1.82, 2.24) is 5.32 Å². The Morgan fingerprint density at radius 2 is 2.07 bits per heavy atom. The van der Waals surface area contributed by atoms with Gasteiger partial charge in [-0.25, -0.2) is 0 Å². The summed E-state index contributed by atoms with van der Waals surface area (Å²) in [5.41, 5.74) is 5.86. The Hall–Kier alpha value is -0.0900. The largest absolute Gasteiger partial charge is 0.328 e. The zero-order valence-electron chi connectivity index (χ0n) is 8.71. The molecule has 0 aromatic carbocycles. The van der Waals surface area contributed by atoms with Gasteiger partial charge >= 0.3 is 0 Å². The molecule has 1 aromatic rings.